The summed E-state index contributed by atoms with van der Waals surface area (Å²) in [6, 6.07) is 69.1. The van der Waals surface area contributed by atoms with E-state index in [0.717, 1.165) is 22.7 Å². The minimum absolute atomic E-state index is 1.12. The molecule has 0 N–H and O–H groups in total. The van der Waals surface area contributed by atoms with Gasteiger partial charge >= 0.3 is 0 Å². The number of aromatic nitrogens is 2. The molecule has 0 aliphatic heterocycles. The second-order valence-corrected chi connectivity index (χ2v) is 14.9. The average molecular weight is 698 g/mol. The highest BCUT2D eigenvalue weighted by Gasteiger charge is 2.29. The fourth-order valence-electron chi connectivity index (χ4n) is 10.0. The Morgan fingerprint density at radius 3 is 1.47 bits per heavy atom. The van der Waals surface area contributed by atoms with Crippen LogP contribution >= 0.6 is 0 Å². The Hall–Kier alpha value is -7.36. The lowest BCUT2D eigenvalue weighted by Crippen LogP contribution is -2.09. The van der Waals surface area contributed by atoms with Gasteiger partial charge in [0.2, 0.25) is 0 Å². The fraction of sp³-hybridized carbons (Fsp3) is 0. The minimum atomic E-state index is 1.12. The lowest BCUT2D eigenvalue weighted by molar-refractivity contribution is 1.17. The van der Waals surface area contributed by atoms with Gasteiger partial charge in [-0.25, -0.2) is 0 Å². The van der Waals surface area contributed by atoms with E-state index in [9.17, 15) is 0 Å². The van der Waals surface area contributed by atoms with Crippen LogP contribution in [0.25, 0.3) is 98.4 Å². The van der Waals surface area contributed by atoms with Crippen molar-refractivity contribution in [3.8, 4) is 22.5 Å². The molecule has 1 aliphatic carbocycles. The Bertz CT molecular complexity index is 3460. The van der Waals surface area contributed by atoms with Crippen LogP contribution in [-0.4, -0.2) is 9.13 Å². The van der Waals surface area contributed by atoms with Crippen LogP contribution in [0.5, 0.6) is 0 Å². The summed E-state index contributed by atoms with van der Waals surface area (Å²) < 4.78 is 4.99. The van der Waals surface area contributed by atoms with Crippen LogP contribution in [0.1, 0.15) is 0 Å². The highest BCUT2D eigenvalue weighted by atomic mass is 15.1. The van der Waals surface area contributed by atoms with E-state index in [0.29, 0.717) is 0 Å². The Balaban J connectivity index is 1.18. The summed E-state index contributed by atoms with van der Waals surface area (Å²) >= 11 is 0. The first-order chi connectivity index (χ1) is 27.3. The summed E-state index contributed by atoms with van der Waals surface area (Å²) in [4.78, 5) is 2.32. The van der Waals surface area contributed by atoms with Gasteiger partial charge in [0, 0.05) is 55.4 Å². The van der Waals surface area contributed by atoms with E-state index >= 15 is 0 Å². The van der Waals surface area contributed by atoms with E-state index < -0.39 is 0 Å². The summed E-state index contributed by atoms with van der Waals surface area (Å²) in [5.74, 6) is 0. The number of rotatable bonds is 5. The highest BCUT2D eigenvalue weighted by molar-refractivity contribution is 6.46. The summed E-state index contributed by atoms with van der Waals surface area (Å²) in [5, 5.41) is 13.3. The lowest BCUT2D eigenvalue weighted by Gasteiger charge is -2.25. The summed E-state index contributed by atoms with van der Waals surface area (Å²) in [6.45, 7) is 0. The second-order valence-electron chi connectivity index (χ2n) is 14.9. The molecule has 3 nitrogen and oxygen atoms in total. The zero-order valence-electron chi connectivity index (χ0n) is 29.7. The zero-order valence-corrected chi connectivity index (χ0v) is 29.7. The topological polar surface area (TPSA) is 13.1 Å². The normalized spacial score (nSPS) is 12.4. The van der Waals surface area contributed by atoms with Crippen LogP contribution in [0, 0.1) is 0 Å². The van der Waals surface area contributed by atoms with Gasteiger partial charge in [-0.3, -0.25) is 0 Å². The van der Waals surface area contributed by atoms with Crippen LogP contribution in [-0.2, 0) is 0 Å². The molecule has 3 heteroatoms. The Morgan fingerprint density at radius 1 is 0.291 bits per heavy atom. The largest absolute Gasteiger partial charge is 0.311 e. The highest BCUT2D eigenvalue weighted by Crippen LogP contribution is 2.54. The van der Waals surface area contributed by atoms with Gasteiger partial charge < -0.3 is 14.0 Å². The molecule has 0 spiro atoms. The van der Waals surface area contributed by atoms with Crippen molar-refractivity contribution < 1.29 is 0 Å². The quantitative estimate of drug-likeness (QED) is 0.174. The van der Waals surface area contributed by atoms with Crippen molar-refractivity contribution in [2.45, 2.75) is 0 Å². The zero-order chi connectivity index (χ0) is 35.8. The van der Waals surface area contributed by atoms with E-state index in [4.69, 9.17) is 0 Å². The number of hydrogen-bond acceptors (Lipinski definition) is 1. The first-order valence-corrected chi connectivity index (χ1v) is 19.0. The molecule has 254 valence electrons. The molecule has 12 aromatic rings. The van der Waals surface area contributed by atoms with Crippen molar-refractivity contribution in [2.24, 2.45) is 0 Å². The molecular weight excluding hydrogens is 667 g/mol. The van der Waals surface area contributed by atoms with Crippen molar-refractivity contribution in [1.29, 1.82) is 0 Å². The van der Waals surface area contributed by atoms with Gasteiger partial charge in [-0.2, -0.15) is 0 Å². The summed E-state index contributed by atoms with van der Waals surface area (Å²) in [5.41, 5.74) is 13.3. The molecule has 13 rings (SSSR count). The third-order valence-corrected chi connectivity index (χ3v) is 12.1. The third-order valence-electron chi connectivity index (χ3n) is 12.1. The molecule has 0 bridgehead atoms. The fourth-order valence-corrected chi connectivity index (χ4v) is 10.0. The van der Waals surface area contributed by atoms with Crippen molar-refractivity contribution in [2.75, 3.05) is 4.90 Å². The molecule has 55 heavy (non-hydrogen) atoms. The number of para-hydroxylation sites is 3. The molecule has 0 saturated heterocycles. The standard InChI is InChI=1S/C52H31N3/c1-4-14-33(15-5-1)53(34-16-6-2-7-17-34)36-25-27-37(28-26-36)54-42-24-12-23-41-40-22-11-21-39-38-20-10-13-32-31-45-51(52(46(32)38)47(39)40)50-44(30-29-43(54)49(50)48(41)42)55(45)35-18-8-3-9-19-35/h1-31H. The molecule has 0 amide bonds. The maximum absolute atomic E-state index is 2.50. The second kappa shape index (κ2) is 10.6. The molecule has 0 fully saturated rings. The van der Waals surface area contributed by atoms with Crippen LogP contribution in [0.4, 0.5) is 17.1 Å². The summed E-state index contributed by atoms with van der Waals surface area (Å²) in [6.07, 6.45) is 0. The first-order valence-electron chi connectivity index (χ1n) is 19.0. The van der Waals surface area contributed by atoms with E-state index in [2.05, 4.69) is 202 Å². The van der Waals surface area contributed by atoms with Crippen LogP contribution in [0.15, 0.2) is 188 Å². The van der Waals surface area contributed by atoms with E-state index in [-0.39, 0.29) is 0 Å². The molecule has 2 aromatic heterocycles. The van der Waals surface area contributed by atoms with Gasteiger partial charge in [0.05, 0.1) is 22.1 Å². The number of benzene rings is 9. The SMILES string of the molecule is c1ccc(N(c2ccccc2)c2ccc(-n3c4cccc5c6cccc7c6c6c8c-7cccc8cc7c6c6c(c54)c3ccc6n7-c3ccccc3)cc2)cc1. The van der Waals surface area contributed by atoms with Gasteiger partial charge in [-0.15, -0.1) is 0 Å². The third kappa shape index (κ3) is 3.74. The van der Waals surface area contributed by atoms with Gasteiger partial charge in [-0.1, -0.05) is 103 Å². The van der Waals surface area contributed by atoms with Crippen LogP contribution < -0.4 is 4.90 Å². The Kier molecular flexibility index (Phi) is 5.63. The Morgan fingerprint density at radius 2 is 0.782 bits per heavy atom. The number of hydrogen-bond donors (Lipinski definition) is 0. The molecule has 1 aliphatic rings. The van der Waals surface area contributed by atoms with Gasteiger partial charge in [0.1, 0.15) is 0 Å². The molecule has 0 radical (unpaired) electrons. The van der Waals surface area contributed by atoms with Crippen LogP contribution in [0.2, 0.25) is 0 Å². The number of fused-ring (bicyclic) bond motifs is 2. The van der Waals surface area contributed by atoms with Crippen molar-refractivity contribution >= 4 is 93.0 Å². The molecule has 0 saturated carbocycles. The van der Waals surface area contributed by atoms with E-state index in [1.54, 1.807) is 0 Å². The maximum atomic E-state index is 2.50. The van der Waals surface area contributed by atoms with E-state index in [1.807, 2.05) is 0 Å². The monoisotopic (exact) mass is 697 g/mol. The number of nitrogens with zero attached hydrogens (tertiary/aromatic N) is 3. The predicted octanol–water partition coefficient (Wildman–Crippen LogP) is 14.2. The summed E-state index contributed by atoms with van der Waals surface area (Å²) in [7, 11) is 0. The first kappa shape index (κ1) is 29.1. The van der Waals surface area contributed by atoms with Gasteiger partial charge in [0.15, 0.2) is 0 Å². The van der Waals surface area contributed by atoms with Crippen molar-refractivity contribution in [1.82, 2.24) is 9.13 Å². The molecule has 0 atom stereocenters. The van der Waals surface area contributed by atoms with Crippen LogP contribution in [0.3, 0.4) is 0 Å². The van der Waals surface area contributed by atoms with Crippen molar-refractivity contribution in [3.63, 3.8) is 0 Å². The maximum Gasteiger partial charge on any atom is 0.0553 e. The lowest BCUT2D eigenvalue weighted by atomic mass is 9.94. The minimum Gasteiger partial charge on any atom is -0.311 e. The molecular formula is C52H31N3. The molecule has 2 heterocycles. The predicted molar refractivity (Wildman–Crippen MR) is 233 cm³/mol. The van der Waals surface area contributed by atoms with E-state index in [1.165, 1.54) is 92.7 Å². The molecule has 0 unspecified atom stereocenters. The van der Waals surface area contributed by atoms with Crippen molar-refractivity contribution in [3.05, 3.63) is 188 Å². The molecule has 10 aromatic carbocycles. The van der Waals surface area contributed by atoms with Gasteiger partial charge in [-0.05, 0) is 123 Å². The average Bonchev–Trinajstić information content (AvgIpc) is 3.88. The Labute approximate surface area is 316 Å². The number of anilines is 3. The smallest absolute Gasteiger partial charge is 0.0553 e. The van der Waals surface area contributed by atoms with Gasteiger partial charge in [0.25, 0.3) is 0 Å².